The van der Waals surface area contributed by atoms with Gasteiger partial charge in [-0.3, -0.25) is 19.6 Å². The van der Waals surface area contributed by atoms with E-state index in [0.717, 1.165) is 17.4 Å². The van der Waals surface area contributed by atoms with Crippen LogP contribution in [0.4, 0.5) is 0 Å². The minimum atomic E-state index is -0.346. The Bertz CT molecular complexity index is 1170. The molecule has 0 aliphatic rings. The standard InChI is InChI=1S/2C11H9N3O2S.O.V/c2*15-10(8-3-5-12-6-4-8)13-14-11(17)9-2-1-7-16-9;;/h2*1-7H,(H,13,15)(H,14,17);;/q;;;+2/p-2. The number of hydrazone groups is 2. The van der Waals surface area contributed by atoms with Crippen molar-refractivity contribution in [3.8, 4) is 0 Å². The van der Waals surface area contributed by atoms with E-state index < -0.39 is 0 Å². The van der Waals surface area contributed by atoms with Crippen LogP contribution in [0.15, 0.2) is 105 Å². The molecule has 4 aromatic heterocycles. The zero-order valence-electron chi connectivity index (χ0n) is 18.2. The molecular weight excluding hydrogens is 543 g/mol. The molecule has 2 amide bonds. The second kappa shape index (κ2) is 15.8. The van der Waals surface area contributed by atoms with E-state index in [4.69, 9.17) is 37.8 Å². The Balaban J connectivity index is 0.000000237. The summed E-state index contributed by atoms with van der Waals surface area (Å²) in [5.74, 6) is 0.188. The molecule has 4 aromatic rings. The SMILES string of the molecule is O=C(N/N=C(/[S-])c1ccco1)c1ccncc1.O=C(N/N=C(/[S-])c1ccco1)c1ccncc1.[O]=[V+2]. The van der Waals surface area contributed by atoms with Gasteiger partial charge in [0.2, 0.25) is 0 Å². The summed E-state index contributed by atoms with van der Waals surface area (Å²) in [6.45, 7) is 0. The normalized spacial score (nSPS) is 10.7. The molecule has 0 radical (unpaired) electrons. The van der Waals surface area contributed by atoms with Crippen molar-refractivity contribution in [3.05, 3.63) is 108 Å². The van der Waals surface area contributed by atoms with Crippen molar-refractivity contribution >= 4 is 47.2 Å². The summed E-state index contributed by atoms with van der Waals surface area (Å²) in [5, 5.41) is 7.91. The number of aromatic nitrogens is 2. The van der Waals surface area contributed by atoms with Crippen LogP contribution >= 0.6 is 0 Å². The van der Waals surface area contributed by atoms with Gasteiger partial charge in [-0.2, -0.15) is 10.2 Å². The Labute approximate surface area is 225 Å². The number of hydrogen-bond acceptors (Lipinski definition) is 11. The fourth-order valence-corrected chi connectivity index (χ4v) is 2.57. The molecule has 0 aromatic carbocycles. The van der Waals surface area contributed by atoms with E-state index in [1.807, 2.05) is 0 Å². The van der Waals surface area contributed by atoms with Crippen LogP contribution in [0.25, 0.3) is 0 Å². The summed E-state index contributed by atoms with van der Waals surface area (Å²) in [4.78, 5) is 30.8. The molecule has 181 valence electrons. The number of nitrogens with zero attached hydrogens (tertiary/aromatic N) is 4. The molecule has 0 bridgehead atoms. The number of nitrogens with one attached hydrogen (secondary N) is 2. The fourth-order valence-electron chi connectivity index (χ4n) is 2.25. The molecule has 0 atom stereocenters. The van der Waals surface area contributed by atoms with E-state index in [0.29, 0.717) is 22.6 Å². The Kier molecular flexibility index (Phi) is 12.4. The quantitative estimate of drug-likeness (QED) is 0.157. The van der Waals surface area contributed by atoms with Crippen molar-refractivity contribution in [1.29, 1.82) is 0 Å². The van der Waals surface area contributed by atoms with Crippen LogP contribution < -0.4 is 10.9 Å². The first-order valence-electron chi connectivity index (χ1n) is 9.70. The number of pyridine rings is 2. The molecule has 4 rings (SSSR count). The van der Waals surface area contributed by atoms with E-state index in [-0.39, 0.29) is 21.9 Å². The van der Waals surface area contributed by atoms with Crippen molar-refractivity contribution in [2.75, 3.05) is 0 Å². The average Bonchev–Trinajstić information content (AvgIpc) is 3.68. The number of carbonyl (C=O) groups excluding carboxylic acids is 2. The number of furan rings is 2. The maximum atomic E-state index is 11.6. The summed E-state index contributed by atoms with van der Waals surface area (Å²) in [6, 6.07) is 13.1. The summed E-state index contributed by atoms with van der Waals surface area (Å²) in [5.41, 5.74) is 5.62. The van der Waals surface area contributed by atoms with Crippen molar-refractivity contribution < 1.29 is 39.5 Å². The molecule has 14 heteroatoms. The number of rotatable bonds is 6. The molecule has 36 heavy (non-hydrogen) atoms. The van der Waals surface area contributed by atoms with Gasteiger partial charge in [-0.25, -0.2) is 10.9 Å². The Morgan fingerprint density at radius 3 is 1.36 bits per heavy atom. The monoisotopic (exact) mass is 559 g/mol. The predicted octanol–water partition coefficient (Wildman–Crippen LogP) is 2.50. The van der Waals surface area contributed by atoms with Crippen molar-refractivity contribution in [1.82, 2.24) is 20.8 Å². The molecule has 0 saturated carbocycles. The average molecular weight is 559 g/mol. The molecule has 0 aliphatic heterocycles. The third kappa shape index (κ3) is 9.31. The second-order valence-corrected chi connectivity index (χ2v) is 6.92. The molecule has 2 N–H and O–H groups in total. The Morgan fingerprint density at radius 2 is 1.06 bits per heavy atom. The van der Waals surface area contributed by atoms with E-state index in [9.17, 15) is 9.59 Å². The van der Waals surface area contributed by atoms with Crippen molar-refractivity contribution in [2.24, 2.45) is 10.2 Å². The first kappa shape index (κ1) is 28.2. The topological polar surface area (TPSA) is 152 Å². The van der Waals surface area contributed by atoms with Gasteiger partial charge in [-0.15, -0.1) is 0 Å². The number of hydrogen-bond donors (Lipinski definition) is 2. The van der Waals surface area contributed by atoms with Crippen molar-refractivity contribution in [3.63, 3.8) is 0 Å². The fraction of sp³-hybridized carbons (Fsp3) is 0. The molecule has 0 spiro atoms. The van der Waals surface area contributed by atoms with E-state index >= 15 is 0 Å². The van der Waals surface area contributed by atoms with Crippen LogP contribution in [-0.2, 0) is 46.3 Å². The van der Waals surface area contributed by atoms with Crippen LogP contribution in [0, 0.1) is 0 Å². The van der Waals surface area contributed by atoms with Crippen LogP contribution in [0.2, 0.25) is 0 Å². The van der Waals surface area contributed by atoms with Crippen LogP contribution in [-0.4, -0.2) is 31.9 Å². The number of carbonyl (C=O) groups is 2. The van der Waals surface area contributed by atoms with Gasteiger partial charge in [-0.1, -0.05) is 0 Å². The molecule has 4 heterocycles. The van der Waals surface area contributed by atoms with Gasteiger partial charge in [-0.05, 0) is 58.6 Å². The molecular formula is C22H16N6O5S2V. The first-order valence-corrected chi connectivity index (χ1v) is 11.1. The molecule has 11 nitrogen and oxygen atoms in total. The maximum absolute atomic E-state index is 11.6. The van der Waals surface area contributed by atoms with Gasteiger partial charge >= 0.3 is 21.0 Å². The van der Waals surface area contributed by atoms with Gasteiger partial charge in [0.05, 0.1) is 12.5 Å². The molecule has 0 saturated heterocycles. The molecule has 0 unspecified atom stereocenters. The first-order chi connectivity index (χ1) is 17.5. The van der Waals surface area contributed by atoms with Crippen LogP contribution in [0.3, 0.4) is 0 Å². The zero-order valence-corrected chi connectivity index (χ0v) is 21.2. The van der Waals surface area contributed by atoms with Gasteiger partial charge in [0.15, 0.2) is 0 Å². The van der Waals surface area contributed by atoms with Crippen molar-refractivity contribution in [2.45, 2.75) is 0 Å². The molecule has 0 aliphatic carbocycles. The summed E-state index contributed by atoms with van der Waals surface area (Å²) < 4.78 is 18.3. The molecule has 0 fully saturated rings. The number of amides is 2. The Morgan fingerprint density at radius 1 is 0.694 bits per heavy atom. The second-order valence-electron chi connectivity index (χ2n) is 6.14. The van der Waals surface area contributed by atoms with Gasteiger partial charge < -0.3 is 34.1 Å². The third-order valence-corrected chi connectivity index (χ3v) is 4.45. The minimum absolute atomic E-state index is 0.192. The summed E-state index contributed by atoms with van der Waals surface area (Å²) >= 11 is 11.0. The summed E-state index contributed by atoms with van der Waals surface area (Å²) in [7, 11) is 0. The predicted molar refractivity (Wildman–Crippen MR) is 129 cm³/mol. The Hall–Kier alpha value is -4.04. The van der Waals surface area contributed by atoms with E-state index in [2.05, 4.69) is 31.0 Å². The summed E-state index contributed by atoms with van der Waals surface area (Å²) in [6.07, 6.45) is 9.09. The zero-order chi connectivity index (χ0) is 26.2. The van der Waals surface area contributed by atoms with Gasteiger partial charge in [0, 0.05) is 35.9 Å². The van der Waals surface area contributed by atoms with Crippen LogP contribution in [0.1, 0.15) is 32.2 Å². The van der Waals surface area contributed by atoms with E-state index in [1.54, 1.807) is 48.5 Å². The van der Waals surface area contributed by atoms with Gasteiger partial charge in [0.25, 0.3) is 11.8 Å². The van der Waals surface area contributed by atoms with Crippen LogP contribution in [0.5, 0.6) is 0 Å². The van der Waals surface area contributed by atoms with E-state index in [1.165, 1.54) is 37.3 Å². The third-order valence-electron chi connectivity index (χ3n) is 3.87. The van der Waals surface area contributed by atoms with Gasteiger partial charge in [0.1, 0.15) is 11.5 Å².